The number of amides is 1. The van der Waals surface area contributed by atoms with E-state index in [0.29, 0.717) is 25.1 Å². The first-order chi connectivity index (χ1) is 15.8. The Hall–Kier alpha value is -2.55. The van der Waals surface area contributed by atoms with Crippen molar-refractivity contribution < 1.29 is 22.7 Å². The predicted octanol–water partition coefficient (Wildman–Crippen LogP) is 4.22. The summed E-state index contributed by atoms with van der Waals surface area (Å²) in [6.45, 7) is 4.82. The molecule has 5 rings (SSSR count). The minimum Gasteiger partial charge on any atom is -0.370 e. The largest absolute Gasteiger partial charge is 0.522 e. The molecule has 1 aromatic heterocycles. The van der Waals surface area contributed by atoms with Crippen molar-refractivity contribution in [2.75, 3.05) is 18.0 Å². The number of nitrogens with zero attached hydrogens (tertiary/aromatic N) is 3. The van der Waals surface area contributed by atoms with Crippen molar-refractivity contribution in [3.63, 3.8) is 0 Å². The molecule has 1 saturated carbocycles. The number of rotatable bonds is 6. The first-order valence-electron chi connectivity index (χ1n) is 11.7. The number of aromatic nitrogens is 2. The average Bonchev–Trinajstić information content (AvgIpc) is 3.11. The van der Waals surface area contributed by atoms with E-state index < -0.39 is 12.5 Å². The fourth-order valence-corrected chi connectivity index (χ4v) is 5.51. The summed E-state index contributed by atoms with van der Waals surface area (Å²) in [5, 5.41) is 3.04. The summed E-state index contributed by atoms with van der Waals surface area (Å²) < 4.78 is 43.2. The van der Waals surface area contributed by atoms with Crippen molar-refractivity contribution in [2.45, 2.75) is 71.0 Å². The Bertz CT molecular complexity index is 1020. The van der Waals surface area contributed by atoms with Gasteiger partial charge in [0.25, 0.3) is 5.91 Å². The van der Waals surface area contributed by atoms with Crippen LogP contribution in [0.4, 0.5) is 18.9 Å². The van der Waals surface area contributed by atoms with E-state index in [9.17, 15) is 18.0 Å². The summed E-state index contributed by atoms with van der Waals surface area (Å²) in [6.07, 6.45) is -0.469. The zero-order chi connectivity index (χ0) is 23.2. The molecule has 1 aliphatic carbocycles. The Balaban J connectivity index is 1.13. The molecule has 9 heteroatoms. The lowest BCUT2D eigenvalue weighted by molar-refractivity contribution is -0.360. The number of halogens is 3. The average molecular weight is 463 g/mol. The quantitative estimate of drug-likeness (QED) is 0.699. The molecule has 0 radical (unpaired) electrons. The monoisotopic (exact) mass is 462 g/mol. The van der Waals surface area contributed by atoms with E-state index >= 15 is 0 Å². The number of alkyl halides is 3. The van der Waals surface area contributed by atoms with Gasteiger partial charge in [-0.3, -0.25) is 9.53 Å². The van der Waals surface area contributed by atoms with Crippen LogP contribution in [-0.2, 0) is 30.7 Å². The van der Waals surface area contributed by atoms with Crippen LogP contribution in [-0.4, -0.2) is 41.0 Å². The van der Waals surface area contributed by atoms with Crippen LogP contribution in [0.1, 0.15) is 60.2 Å². The highest BCUT2D eigenvalue weighted by molar-refractivity contribution is 5.94. The van der Waals surface area contributed by atoms with Crippen molar-refractivity contribution in [3.05, 3.63) is 47.0 Å². The SMILES string of the molecule is CCc1nc2n(c1C(=O)NCc1ccc(N3CC4(CC(OC(F)(F)F)C4)C3)cc1)CCCC2. The highest BCUT2D eigenvalue weighted by Crippen LogP contribution is 2.51. The molecular weight excluding hydrogens is 433 g/mol. The number of nitrogens with one attached hydrogen (secondary N) is 1. The second-order valence-corrected chi connectivity index (χ2v) is 9.58. The van der Waals surface area contributed by atoms with Crippen LogP contribution in [0.3, 0.4) is 0 Å². The van der Waals surface area contributed by atoms with E-state index in [1.165, 1.54) is 0 Å². The van der Waals surface area contributed by atoms with Gasteiger partial charge in [-0.1, -0.05) is 19.1 Å². The summed E-state index contributed by atoms with van der Waals surface area (Å²) in [6, 6.07) is 8.00. The van der Waals surface area contributed by atoms with Gasteiger partial charge in [0.05, 0.1) is 11.8 Å². The van der Waals surface area contributed by atoms with Crippen LogP contribution in [0.5, 0.6) is 0 Å². The maximum Gasteiger partial charge on any atom is 0.522 e. The Morgan fingerprint density at radius 3 is 2.61 bits per heavy atom. The molecular formula is C24H29F3N4O2. The minimum atomic E-state index is -4.55. The fourth-order valence-electron chi connectivity index (χ4n) is 5.51. The van der Waals surface area contributed by atoms with Crippen LogP contribution in [0.25, 0.3) is 0 Å². The first kappa shape index (κ1) is 22.3. The van der Waals surface area contributed by atoms with Gasteiger partial charge in [-0.2, -0.15) is 0 Å². The molecule has 33 heavy (non-hydrogen) atoms. The van der Waals surface area contributed by atoms with E-state index in [1.807, 2.05) is 31.2 Å². The number of benzene rings is 1. The summed E-state index contributed by atoms with van der Waals surface area (Å²) in [5.41, 5.74) is 3.58. The Morgan fingerprint density at radius 1 is 1.21 bits per heavy atom. The molecule has 0 unspecified atom stereocenters. The van der Waals surface area contributed by atoms with Crippen LogP contribution < -0.4 is 10.2 Å². The number of ether oxygens (including phenoxy) is 1. The van der Waals surface area contributed by atoms with Gasteiger partial charge in [0.2, 0.25) is 0 Å². The molecule has 1 amide bonds. The Labute approximate surface area is 191 Å². The molecule has 3 aliphatic rings. The lowest BCUT2D eigenvalue weighted by Gasteiger charge is -2.59. The highest BCUT2D eigenvalue weighted by atomic mass is 19.4. The Kier molecular flexibility index (Phi) is 5.63. The third-order valence-corrected chi connectivity index (χ3v) is 7.13. The second kappa shape index (κ2) is 8.34. The van der Waals surface area contributed by atoms with Gasteiger partial charge < -0.3 is 14.8 Å². The van der Waals surface area contributed by atoms with E-state index in [1.54, 1.807) is 0 Å². The summed E-state index contributed by atoms with van der Waals surface area (Å²) in [4.78, 5) is 19.8. The van der Waals surface area contributed by atoms with Crippen LogP contribution >= 0.6 is 0 Å². The highest BCUT2D eigenvalue weighted by Gasteiger charge is 2.55. The molecule has 1 aromatic carbocycles. The number of hydrogen-bond acceptors (Lipinski definition) is 4. The van der Waals surface area contributed by atoms with Gasteiger partial charge in [0.15, 0.2) is 0 Å². The molecule has 3 heterocycles. The summed E-state index contributed by atoms with van der Waals surface area (Å²) in [5.74, 6) is 0.935. The van der Waals surface area contributed by atoms with Gasteiger partial charge in [0.1, 0.15) is 11.5 Å². The van der Waals surface area contributed by atoms with Crippen molar-refractivity contribution >= 4 is 11.6 Å². The molecule has 0 bridgehead atoms. The van der Waals surface area contributed by atoms with Crippen molar-refractivity contribution in [2.24, 2.45) is 5.41 Å². The third kappa shape index (κ3) is 4.47. The smallest absolute Gasteiger partial charge is 0.370 e. The van der Waals surface area contributed by atoms with E-state index in [0.717, 1.165) is 68.1 Å². The number of imidazole rings is 1. The Morgan fingerprint density at radius 2 is 1.94 bits per heavy atom. The lowest BCUT2D eigenvalue weighted by Crippen LogP contribution is -2.64. The van der Waals surface area contributed by atoms with Gasteiger partial charge in [-0.15, -0.1) is 13.2 Å². The zero-order valence-electron chi connectivity index (χ0n) is 18.7. The number of carbonyl (C=O) groups is 1. The standard InChI is InChI=1S/C24H29F3N4O2/c1-2-19-21(31-10-4-3-5-20(31)29-19)22(32)28-13-16-6-8-17(9-7-16)30-14-23(15-30)11-18(12-23)33-24(25,26)27/h6-9,18H,2-5,10-15H2,1H3,(H,28,32). The van der Waals surface area contributed by atoms with Crippen LogP contribution in [0.15, 0.2) is 24.3 Å². The minimum absolute atomic E-state index is 0.0378. The molecule has 2 aliphatic heterocycles. The number of aryl methyl sites for hydroxylation is 2. The van der Waals surface area contributed by atoms with Crippen LogP contribution in [0, 0.1) is 5.41 Å². The summed E-state index contributed by atoms with van der Waals surface area (Å²) in [7, 11) is 0. The number of fused-ring (bicyclic) bond motifs is 1. The maximum absolute atomic E-state index is 12.9. The molecule has 2 aromatic rings. The second-order valence-electron chi connectivity index (χ2n) is 9.58. The first-order valence-corrected chi connectivity index (χ1v) is 11.7. The van der Waals surface area contributed by atoms with Crippen molar-refractivity contribution in [1.29, 1.82) is 0 Å². The number of carbonyl (C=O) groups excluding carboxylic acids is 1. The van der Waals surface area contributed by atoms with Crippen molar-refractivity contribution in [1.82, 2.24) is 14.9 Å². The van der Waals surface area contributed by atoms with E-state index in [4.69, 9.17) is 0 Å². The number of anilines is 1. The molecule has 2 fully saturated rings. The molecule has 1 spiro atoms. The predicted molar refractivity (Wildman–Crippen MR) is 117 cm³/mol. The van der Waals surface area contributed by atoms with Gasteiger partial charge >= 0.3 is 6.36 Å². The van der Waals surface area contributed by atoms with Gasteiger partial charge in [-0.05, 0) is 49.8 Å². The molecule has 6 nitrogen and oxygen atoms in total. The molecule has 178 valence electrons. The normalized spacial score (nSPS) is 19.7. The molecule has 1 saturated heterocycles. The van der Waals surface area contributed by atoms with Crippen LogP contribution in [0.2, 0.25) is 0 Å². The topological polar surface area (TPSA) is 59.4 Å². The lowest BCUT2D eigenvalue weighted by atomic mass is 9.61. The van der Waals surface area contributed by atoms with Crippen molar-refractivity contribution in [3.8, 4) is 0 Å². The fraction of sp³-hybridized carbons (Fsp3) is 0.583. The summed E-state index contributed by atoms with van der Waals surface area (Å²) >= 11 is 0. The van der Waals surface area contributed by atoms with E-state index in [2.05, 4.69) is 24.5 Å². The maximum atomic E-state index is 12.9. The van der Waals surface area contributed by atoms with Gasteiger partial charge in [-0.25, -0.2) is 4.98 Å². The van der Waals surface area contributed by atoms with Gasteiger partial charge in [0, 0.05) is 43.7 Å². The molecule has 0 atom stereocenters. The molecule has 1 N–H and O–H groups in total. The number of hydrogen-bond donors (Lipinski definition) is 1. The van der Waals surface area contributed by atoms with E-state index in [-0.39, 0.29) is 11.3 Å². The third-order valence-electron chi connectivity index (χ3n) is 7.13. The zero-order valence-corrected chi connectivity index (χ0v) is 18.7.